The van der Waals surface area contributed by atoms with Gasteiger partial charge in [-0.2, -0.15) is 0 Å². The molecular weight excluding hydrogens is 450 g/mol. The van der Waals surface area contributed by atoms with E-state index in [1.165, 1.54) is 4.90 Å². The van der Waals surface area contributed by atoms with Crippen molar-refractivity contribution in [3.05, 3.63) is 101 Å². The fourth-order valence-corrected chi connectivity index (χ4v) is 6.47. The monoisotopic (exact) mass is 479 g/mol. The second kappa shape index (κ2) is 8.42. The molecule has 0 unspecified atom stereocenters. The molecule has 6 nitrogen and oxygen atoms in total. The molecule has 0 aromatic heterocycles. The van der Waals surface area contributed by atoms with E-state index in [1.54, 1.807) is 0 Å². The number of hydrogen-bond acceptors (Lipinski definition) is 4. The van der Waals surface area contributed by atoms with Crippen LogP contribution < -0.4 is 10.6 Å². The van der Waals surface area contributed by atoms with E-state index in [0.717, 1.165) is 33.5 Å². The minimum atomic E-state index is -1.26. The molecule has 3 amide bonds. The first-order valence-electron chi connectivity index (χ1n) is 12.5. The number of nitrogens with zero attached hydrogens (tertiary/aromatic N) is 1. The molecule has 3 aliphatic heterocycles. The number of rotatable bonds is 5. The van der Waals surface area contributed by atoms with Gasteiger partial charge in [-0.05, 0) is 43.4 Å². The number of amides is 3. The Morgan fingerprint density at radius 1 is 0.861 bits per heavy atom. The van der Waals surface area contributed by atoms with Crippen LogP contribution in [0.3, 0.4) is 0 Å². The highest BCUT2D eigenvalue weighted by molar-refractivity contribution is 6.15. The molecule has 0 radical (unpaired) electrons. The third kappa shape index (κ3) is 3.32. The molecule has 2 fully saturated rings. The highest BCUT2D eigenvalue weighted by Crippen LogP contribution is 2.54. The van der Waals surface area contributed by atoms with Gasteiger partial charge >= 0.3 is 0 Å². The third-order valence-corrected chi connectivity index (χ3v) is 8.02. The summed E-state index contributed by atoms with van der Waals surface area (Å²) in [5.41, 5.74) is 4.38. The van der Waals surface area contributed by atoms with Crippen molar-refractivity contribution in [2.75, 3.05) is 11.9 Å². The molecule has 182 valence electrons. The van der Waals surface area contributed by atoms with Crippen molar-refractivity contribution in [1.29, 1.82) is 0 Å². The van der Waals surface area contributed by atoms with Crippen LogP contribution in [0.1, 0.15) is 27.8 Å². The van der Waals surface area contributed by atoms with Gasteiger partial charge in [0.1, 0.15) is 5.54 Å². The maximum Gasteiger partial charge on any atom is 0.250 e. The van der Waals surface area contributed by atoms with E-state index in [0.29, 0.717) is 19.4 Å². The fraction of sp³-hybridized carbons (Fsp3) is 0.300. The summed E-state index contributed by atoms with van der Waals surface area (Å²) in [6.45, 7) is 4.27. The van der Waals surface area contributed by atoms with E-state index in [4.69, 9.17) is 0 Å². The highest BCUT2D eigenvalue weighted by Gasteiger charge is 2.70. The average Bonchev–Trinajstić information content (AvgIpc) is 3.44. The number of carbonyl (C=O) groups is 3. The molecule has 0 saturated carbocycles. The van der Waals surface area contributed by atoms with Gasteiger partial charge in [0.05, 0.1) is 11.8 Å². The minimum absolute atomic E-state index is 0.183. The number of anilines is 1. The molecule has 2 saturated heterocycles. The maximum absolute atomic E-state index is 14.0. The van der Waals surface area contributed by atoms with Gasteiger partial charge in [-0.25, -0.2) is 0 Å². The van der Waals surface area contributed by atoms with Gasteiger partial charge in [0.2, 0.25) is 17.7 Å². The van der Waals surface area contributed by atoms with Crippen LogP contribution in [-0.2, 0) is 32.8 Å². The van der Waals surface area contributed by atoms with Gasteiger partial charge in [-0.1, -0.05) is 78.4 Å². The van der Waals surface area contributed by atoms with E-state index < -0.39 is 17.4 Å². The predicted molar refractivity (Wildman–Crippen MR) is 137 cm³/mol. The van der Waals surface area contributed by atoms with Crippen LogP contribution in [-0.4, -0.2) is 35.2 Å². The topological polar surface area (TPSA) is 78.5 Å². The summed E-state index contributed by atoms with van der Waals surface area (Å²) in [6.07, 6.45) is 1.14. The molecule has 3 aromatic carbocycles. The van der Waals surface area contributed by atoms with Crippen LogP contribution in [0.4, 0.5) is 5.69 Å². The van der Waals surface area contributed by atoms with Crippen LogP contribution in [0.2, 0.25) is 0 Å². The third-order valence-electron chi connectivity index (χ3n) is 8.02. The fourth-order valence-electron chi connectivity index (χ4n) is 6.47. The molecule has 3 aromatic rings. The molecule has 3 aliphatic rings. The van der Waals surface area contributed by atoms with Crippen LogP contribution in [0, 0.1) is 25.7 Å². The predicted octanol–water partition coefficient (Wildman–Crippen LogP) is 3.51. The Labute approximate surface area is 210 Å². The van der Waals surface area contributed by atoms with Crippen LogP contribution in [0.25, 0.3) is 0 Å². The summed E-state index contributed by atoms with van der Waals surface area (Å²) >= 11 is 0. The number of fused-ring (bicyclic) bond motifs is 4. The van der Waals surface area contributed by atoms with Gasteiger partial charge < -0.3 is 5.32 Å². The molecule has 0 bridgehead atoms. The van der Waals surface area contributed by atoms with Crippen LogP contribution in [0.5, 0.6) is 0 Å². The molecular formula is C30H29N3O3. The molecule has 0 aliphatic carbocycles. The lowest BCUT2D eigenvalue weighted by Crippen LogP contribution is -2.53. The lowest BCUT2D eigenvalue weighted by atomic mass is 9.75. The summed E-state index contributed by atoms with van der Waals surface area (Å²) < 4.78 is 0. The number of benzene rings is 3. The van der Waals surface area contributed by atoms with Crippen LogP contribution in [0.15, 0.2) is 72.8 Å². The number of imide groups is 1. The quantitative estimate of drug-likeness (QED) is 0.549. The van der Waals surface area contributed by atoms with Crippen molar-refractivity contribution >= 4 is 23.4 Å². The number of nitrogens with one attached hydrogen (secondary N) is 2. The molecule has 6 rings (SSSR count). The second-order valence-corrected chi connectivity index (χ2v) is 10.3. The Balaban J connectivity index is 1.42. The zero-order valence-corrected chi connectivity index (χ0v) is 20.5. The van der Waals surface area contributed by atoms with Crippen molar-refractivity contribution in [2.24, 2.45) is 11.8 Å². The first kappa shape index (κ1) is 22.7. The highest BCUT2D eigenvalue weighted by atomic mass is 16.2. The number of hydrogen-bond donors (Lipinski definition) is 2. The van der Waals surface area contributed by atoms with Crippen molar-refractivity contribution in [2.45, 2.75) is 38.3 Å². The normalized spacial score (nSPS) is 26.4. The standard InChI is InChI=1S/C30H29N3O3/c1-18-15-19(2)26-22(16-18)30(29(36)31-26)25-24(23(32-30)17-21-11-7-4-8-12-21)27(34)33(28(25)35)14-13-20-9-5-3-6-10-20/h3-12,15-16,23-25,32H,13-14,17H2,1-2H3,(H,31,36)/t23-,24+,25+,30+/m0/s1. The zero-order chi connectivity index (χ0) is 25.0. The zero-order valence-electron chi connectivity index (χ0n) is 20.5. The van der Waals surface area contributed by atoms with E-state index in [-0.39, 0.29) is 23.8 Å². The summed E-state index contributed by atoms with van der Waals surface area (Å²) in [7, 11) is 0. The molecule has 4 atom stereocenters. The molecule has 1 spiro atoms. The summed E-state index contributed by atoms with van der Waals surface area (Å²) in [6, 6.07) is 23.5. The minimum Gasteiger partial charge on any atom is -0.324 e. The molecule has 3 heterocycles. The maximum atomic E-state index is 14.0. The summed E-state index contributed by atoms with van der Waals surface area (Å²) in [5.74, 6) is -2.08. The van der Waals surface area contributed by atoms with Crippen molar-refractivity contribution in [3.8, 4) is 0 Å². The SMILES string of the molecule is Cc1cc(C)c2c(c1)[C@]1(N[C@@H](Cc3ccccc3)[C@H]3C(=O)N(CCc4ccccc4)C(=O)[C@@H]31)C(=O)N2. The lowest BCUT2D eigenvalue weighted by molar-refractivity contribution is -0.142. The van der Waals surface area contributed by atoms with Gasteiger partial charge in [0.15, 0.2) is 0 Å². The largest absolute Gasteiger partial charge is 0.324 e. The Kier molecular flexibility index (Phi) is 5.30. The van der Waals surface area contributed by atoms with Crippen LogP contribution >= 0.6 is 0 Å². The lowest BCUT2D eigenvalue weighted by Gasteiger charge is -2.30. The average molecular weight is 480 g/mol. The second-order valence-electron chi connectivity index (χ2n) is 10.3. The summed E-state index contributed by atoms with van der Waals surface area (Å²) in [5, 5.41) is 6.60. The van der Waals surface area contributed by atoms with Gasteiger partial charge in [-0.15, -0.1) is 0 Å². The smallest absolute Gasteiger partial charge is 0.250 e. The number of carbonyl (C=O) groups excluding carboxylic acids is 3. The summed E-state index contributed by atoms with van der Waals surface area (Å²) in [4.78, 5) is 43.0. The van der Waals surface area contributed by atoms with Crippen molar-refractivity contribution < 1.29 is 14.4 Å². The van der Waals surface area contributed by atoms with Gasteiger partial charge in [0, 0.05) is 23.8 Å². The Morgan fingerprint density at radius 2 is 1.53 bits per heavy atom. The van der Waals surface area contributed by atoms with E-state index >= 15 is 0 Å². The van der Waals surface area contributed by atoms with E-state index in [1.807, 2.05) is 86.6 Å². The number of likely N-dealkylation sites (tertiary alicyclic amines) is 1. The van der Waals surface area contributed by atoms with Gasteiger partial charge in [0.25, 0.3) is 0 Å². The molecule has 36 heavy (non-hydrogen) atoms. The first-order chi connectivity index (χ1) is 17.4. The first-order valence-corrected chi connectivity index (χ1v) is 12.5. The van der Waals surface area contributed by atoms with Crippen molar-refractivity contribution in [3.63, 3.8) is 0 Å². The van der Waals surface area contributed by atoms with E-state index in [2.05, 4.69) is 10.6 Å². The Bertz CT molecular complexity index is 1370. The van der Waals surface area contributed by atoms with Crippen molar-refractivity contribution in [1.82, 2.24) is 10.2 Å². The Hall–Kier alpha value is -3.77. The number of aryl methyl sites for hydroxylation is 2. The molecule has 2 N–H and O–H groups in total. The van der Waals surface area contributed by atoms with Gasteiger partial charge in [-0.3, -0.25) is 24.6 Å². The Morgan fingerprint density at radius 3 is 2.22 bits per heavy atom. The van der Waals surface area contributed by atoms with E-state index in [9.17, 15) is 14.4 Å². The molecule has 6 heteroatoms.